The molecule has 0 radical (unpaired) electrons. The van der Waals surface area contributed by atoms with Gasteiger partial charge in [-0.25, -0.2) is 9.13 Å². The fraction of sp³-hybridized carbons (Fsp3) is 0.909. The number of esters is 1. The number of carbonyl (C=O) groups is 1. The van der Waals surface area contributed by atoms with Crippen molar-refractivity contribution in [3.63, 3.8) is 0 Å². The zero-order chi connectivity index (χ0) is 17.9. The molecule has 4 N–H and O–H groups in total. The maximum absolute atomic E-state index is 11.4. The number of ether oxygens (including phenoxy) is 1. The molecule has 23 heavy (non-hydrogen) atoms. The highest BCUT2D eigenvalue weighted by Crippen LogP contribution is 2.58. The second kappa shape index (κ2) is 11.3. The van der Waals surface area contributed by atoms with E-state index in [0.29, 0.717) is 6.42 Å². The van der Waals surface area contributed by atoms with Crippen LogP contribution in [-0.4, -0.2) is 45.1 Å². The van der Waals surface area contributed by atoms with E-state index in [1.165, 1.54) is 0 Å². The van der Waals surface area contributed by atoms with Crippen LogP contribution < -0.4 is 0 Å². The highest BCUT2D eigenvalue weighted by molar-refractivity contribution is 7.60. The van der Waals surface area contributed by atoms with E-state index < -0.39 is 40.9 Å². The predicted octanol–water partition coefficient (Wildman–Crippen LogP) is 1.48. The van der Waals surface area contributed by atoms with Crippen molar-refractivity contribution in [1.29, 1.82) is 0 Å². The number of carbonyl (C=O) groups excluding carboxylic acids is 1. The number of phosphoric acid groups is 2. The lowest BCUT2D eigenvalue weighted by molar-refractivity contribution is -0.147. The Kier molecular flexibility index (Phi) is 11.1. The first-order valence-electron chi connectivity index (χ1n) is 7.14. The minimum atomic E-state index is -5.24. The average Bonchev–Trinajstić information content (AvgIpc) is 2.40. The molecule has 0 aromatic heterocycles. The minimum Gasteiger partial charge on any atom is -0.463 e. The fourth-order valence-corrected chi connectivity index (χ4v) is 3.32. The van der Waals surface area contributed by atoms with Crippen molar-refractivity contribution in [3.05, 3.63) is 0 Å². The summed E-state index contributed by atoms with van der Waals surface area (Å²) in [6.07, 6.45) is 3.42. The van der Waals surface area contributed by atoms with Gasteiger partial charge in [-0.1, -0.05) is 32.6 Å². The van der Waals surface area contributed by atoms with E-state index in [9.17, 15) is 13.9 Å². The van der Waals surface area contributed by atoms with Gasteiger partial charge in [0.1, 0.15) is 12.7 Å². The molecule has 0 spiro atoms. The molecule has 0 aliphatic carbocycles. The van der Waals surface area contributed by atoms with Crippen LogP contribution in [0.4, 0.5) is 0 Å². The van der Waals surface area contributed by atoms with E-state index in [2.05, 4.69) is 15.8 Å². The summed E-state index contributed by atoms with van der Waals surface area (Å²) in [4.78, 5) is 37.4. The molecular formula is C11H24O10P2. The Balaban J connectivity index is 4.12. The third kappa shape index (κ3) is 13.8. The van der Waals surface area contributed by atoms with Crippen LogP contribution >= 0.6 is 15.6 Å². The fourth-order valence-electron chi connectivity index (χ4n) is 1.59. The van der Waals surface area contributed by atoms with Crippen molar-refractivity contribution in [2.24, 2.45) is 0 Å². The van der Waals surface area contributed by atoms with Gasteiger partial charge in [0.2, 0.25) is 0 Å². The van der Waals surface area contributed by atoms with E-state index >= 15 is 0 Å². The number of aliphatic hydroxyl groups is 1. The first-order chi connectivity index (χ1) is 10.6. The Morgan fingerprint density at radius 2 is 1.70 bits per heavy atom. The smallest absolute Gasteiger partial charge is 0.463 e. The van der Waals surface area contributed by atoms with Crippen molar-refractivity contribution >= 4 is 21.6 Å². The van der Waals surface area contributed by atoms with Gasteiger partial charge in [-0.3, -0.25) is 9.32 Å². The molecule has 0 bridgehead atoms. The molecule has 12 heteroatoms. The van der Waals surface area contributed by atoms with Gasteiger partial charge in [-0.05, 0) is 6.42 Å². The van der Waals surface area contributed by atoms with Crippen LogP contribution in [0, 0.1) is 0 Å². The van der Waals surface area contributed by atoms with Gasteiger partial charge in [-0.2, -0.15) is 4.31 Å². The summed E-state index contributed by atoms with van der Waals surface area (Å²) in [5, 5.41) is 8.98. The molecule has 0 fully saturated rings. The summed E-state index contributed by atoms with van der Waals surface area (Å²) in [6.45, 7) is 0.720. The summed E-state index contributed by atoms with van der Waals surface area (Å²) in [7, 11) is -10.3. The number of rotatable bonds is 13. The Hall–Kier alpha value is -0.310. The molecular weight excluding hydrogens is 354 g/mol. The molecule has 0 amide bonds. The quantitative estimate of drug-likeness (QED) is 0.210. The lowest BCUT2D eigenvalue weighted by Gasteiger charge is -2.19. The lowest BCUT2D eigenvalue weighted by Crippen LogP contribution is -2.25. The third-order valence-electron chi connectivity index (χ3n) is 2.61. The number of hydrogen-bond donors (Lipinski definition) is 4. The van der Waals surface area contributed by atoms with E-state index in [-0.39, 0.29) is 6.42 Å². The summed E-state index contributed by atoms with van der Waals surface area (Å²) in [6, 6.07) is 0. The summed E-state index contributed by atoms with van der Waals surface area (Å²) >= 11 is 0. The van der Waals surface area contributed by atoms with Crippen LogP contribution in [0.5, 0.6) is 0 Å². The van der Waals surface area contributed by atoms with Crippen LogP contribution in [0.3, 0.4) is 0 Å². The van der Waals surface area contributed by atoms with Gasteiger partial charge in [0.15, 0.2) is 0 Å². The minimum absolute atomic E-state index is 0.164. The molecule has 2 unspecified atom stereocenters. The summed E-state index contributed by atoms with van der Waals surface area (Å²) in [5.41, 5.74) is 0. The SMILES string of the molecule is CCCCCCCC(=O)OCC(CO)OP(=O)(O)OP(=O)(O)O. The molecule has 10 nitrogen and oxygen atoms in total. The molecule has 0 aliphatic rings. The predicted molar refractivity (Wildman–Crippen MR) is 79.2 cm³/mol. The molecule has 0 rings (SSSR count). The van der Waals surface area contributed by atoms with Crippen LogP contribution in [0.1, 0.15) is 45.4 Å². The zero-order valence-electron chi connectivity index (χ0n) is 12.9. The van der Waals surface area contributed by atoms with Gasteiger partial charge in [-0.15, -0.1) is 0 Å². The first kappa shape index (κ1) is 22.7. The molecule has 0 aromatic rings. The third-order valence-corrected chi connectivity index (χ3v) is 4.85. The van der Waals surface area contributed by atoms with Crippen molar-refractivity contribution in [1.82, 2.24) is 0 Å². The molecule has 0 heterocycles. The Morgan fingerprint density at radius 1 is 1.09 bits per heavy atom. The van der Waals surface area contributed by atoms with Gasteiger partial charge in [0, 0.05) is 6.42 Å². The van der Waals surface area contributed by atoms with Crippen LogP contribution in [0.15, 0.2) is 0 Å². The topological polar surface area (TPSA) is 160 Å². The molecule has 0 saturated heterocycles. The summed E-state index contributed by atoms with van der Waals surface area (Å²) in [5.74, 6) is -0.563. The second-order valence-corrected chi connectivity index (χ2v) is 7.58. The van der Waals surface area contributed by atoms with Crippen molar-refractivity contribution in [3.8, 4) is 0 Å². The number of unbranched alkanes of at least 4 members (excludes halogenated alkanes) is 4. The van der Waals surface area contributed by atoms with E-state index in [1.807, 2.05) is 0 Å². The van der Waals surface area contributed by atoms with Crippen LogP contribution in [-0.2, 0) is 27.5 Å². The van der Waals surface area contributed by atoms with Gasteiger partial charge >= 0.3 is 21.6 Å². The highest BCUT2D eigenvalue weighted by atomic mass is 31.3. The van der Waals surface area contributed by atoms with Crippen LogP contribution in [0.2, 0.25) is 0 Å². The Morgan fingerprint density at radius 3 is 2.22 bits per heavy atom. The van der Waals surface area contributed by atoms with E-state index in [1.54, 1.807) is 0 Å². The summed E-state index contributed by atoms with van der Waals surface area (Å²) < 4.78 is 34.5. The second-order valence-electron chi connectivity index (χ2n) is 4.80. The van der Waals surface area contributed by atoms with Crippen molar-refractivity contribution in [2.75, 3.05) is 13.2 Å². The largest absolute Gasteiger partial charge is 0.481 e. The lowest BCUT2D eigenvalue weighted by atomic mass is 10.1. The molecule has 2 atom stereocenters. The molecule has 0 aliphatic heterocycles. The van der Waals surface area contributed by atoms with E-state index in [4.69, 9.17) is 24.5 Å². The zero-order valence-corrected chi connectivity index (χ0v) is 14.7. The highest BCUT2D eigenvalue weighted by Gasteiger charge is 2.35. The number of aliphatic hydroxyl groups excluding tert-OH is 1. The van der Waals surface area contributed by atoms with E-state index in [0.717, 1.165) is 25.7 Å². The maximum Gasteiger partial charge on any atom is 0.481 e. The average molecular weight is 378 g/mol. The number of hydrogen-bond acceptors (Lipinski definition) is 7. The first-order valence-corrected chi connectivity index (χ1v) is 10.2. The van der Waals surface area contributed by atoms with Gasteiger partial charge in [0.05, 0.1) is 6.61 Å². The monoisotopic (exact) mass is 378 g/mol. The van der Waals surface area contributed by atoms with Gasteiger partial charge in [0.25, 0.3) is 0 Å². The van der Waals surface area contributed by atoms with Crippen molar-refractivity contribution < 1.29 is 47.3 Å². The Bertz CT molecular complexity index is 435. The maximum atomic E-state index is 11.4. The van der Waals surface area contributed by atoms with Crippen molar-refractivity contribution in [2.45, 2.75) is 51.6 Å². The molecule has 0 saturated carbocycles. The normalized spacial score (nSPS) is 15.9. The standard InChI is InChI=1S/C11H24O10P2/c1-2-3-4-5-6-7-11(13)19-9-10(8-12)20-23(17,18)21-22(14,15)16/h10,12H,2-9H2,1H3,(H,17,18)(H2,14,15,16). The Labute approximate surface area is 134 Å². The number of phosphoric ester groups is 1. The molecule has 138 valence electrons. The molecule has 0 aromatic carbocycles. The van der Waals surface area contributed by atoms with Gasteiger partial charge < -0.3 is 24.5 Å². The van der Waals surface area contributed by atoms with Crippen LogP contribution in [0.25, 0.3) is 0 Å².